The number of benzene rings is 1. The van der Waals surface area contributed by atoms with Crippen molar-refractivity contribution in [3.8, 4) is 11.1 Å². The lowest BCUT2D eigenvalue weighted by molar-refractivity contribution is -0.127. The molecule has 3 rings (SSSR count). The Labute approximate surface area is 177 Å². The largest absolute Gasteiger partial charge is 0.396 e. The fraction of sp³-hybridized carbons (Fsp3) is 0.227. The number of halogens is 3. The summed E-state index contributed by atoms with van der Waals surface area (Å²) in [6, 6.07) is 10.8. The summed E-state index contributed by atoms with van der Waals surface area (Å²) in [5.41, 5.74) is 2.20. The summed E-state index contributed by atoms with van der Waals surface area (Å²) in [6.07, 6.45) is -0.0736. The predicted octanol–water partition coefficient (Wildman–Crippen LogP) is 4.30. The number of aliphatic hydroxyl groups is 1. The van der Waals surface area contributed by atoms with Crippen molar-refractivity contribution in [1.82, 2.24) is 9.97 Å². The van der Waals surface area contributed by atoms with Gasteiger partial charge in [-0.2, -0.15) is 13.2 Å². The Bertz CT molecular complexity index is 1010. The number of pyridine rings is 2. The van der Waals surface area contributed by atoms with Crippen LogP contribution in [0.3, 0.4) is 0 Å². The molecule has 0 atom stereocenters. The van der Waals surface area contributed by atoms with Gasteiger partial charge in [0, 0.05) is 48.6 Å². The maximum atomic E-state index is 12.7. The Morgan fingerprint density at radius 3 is 2.52 bits per heavy atom. The van der Waals surface area contributed by atoms with Crippen molar-refractivity contribution in [2.24, 2.45) is 0 Å². The molecule has 2 heterocycles. The molecule has 3 aromatic rings. The van der Waals surface area contributed by atoms with Crippen LogP contribution in [0.1, 0.15) is 22.3 Å². The smallest absolute Gasteiger partial charge is 0.393 e. The first-order chi connectivity index (χ1) is 14.9. The molecule has 0 unspecified atom stereocenters. The maximum absolute atomic E-state index is 12.7. The molecule has 1 amide bonds. The molecule has 0 spiro atoms. The second kappa shape index (κ2) is 10.0. The number of amides is 1. The van der Waals surface area contributed by atoms with Crippen LogP contribution in [-0.2, 0) is 6.42 Å². The number of aromatic nitrogens is 2. The van der Waals surface area contributed by atoms with Crippen molar-refractivity contribution in [1.29, 1.82) is 0 Å². The summed E-state index contributed by atoms with van der Waals surface area (Å²) < 4.78 is 37.4. The van der Waals surface area contributed by atoms with Gasteiger partial charge in [0.25, 0.3) is 5.91 Å². The number of carbonyl (C=O) groups excluding carboxylic acids is 1. The second-order valence-corrected chi connectivity index (χ2v) is 6.81. The number of alkyl halides is 3. The minimum atomic E-state index is -4.29. The summed E-state index contributed by atoms with van der Waals surface area (Å²) in [7, 11) is 0. The molecular weight excluding hydrogens is 409 g/mol. The number of nitrogens with zero attached hydrogens (tertiary/aromatic N) is 2. The zero-order valence-electron chi connectivity index (χ0n) is 16.5. The third-order valence-electron chi connectivity index (χ3n) is 4.37. The van der Waals surface area contributed by atoms with Gasteiger partial charge in [-0.3, -0.25) is 9.78 Å². The zero-order chi connectivity index (χ0) is 22.3. The molecule has 0 aliphatic carbocycles. The van der Waals surface area contributed by atoms with Crippen LogP contribution in [0.25, 0.3) is 11.1 Å². The van der Waals surface area contributed by atoms with E-state index in [0.717, 1.165) is 5.56 Å². The van der Waals surface area contributed by atoms with E-state index in [0.29, 0.717) is 30.0 Å². The molecule has 9 heteroatoms. The fourth-order valence-corrected chi connectivity index (χ4v) is 2.90. The molecule has 0 aliphatic rings. The van der Waals surface area contributed by atoms with Gasteiger partial charge in [0.15, 0.2) is 0 Å². The highest BCUT2D eigenvalue weighted by molar-refractivity contribution is 6.05. The molecule has 162 valence electrons. The number of hydrogen-bond acceptors (Lipinski definition) is 5. The highest BCUT2D eigenvalue weighted by atomic mass is 19.4. The average Bonchev–Trinajstić information content (AvgIpc) is 2.75. The molecule has 1 aromatic carbocycles. The van der Waals surface area contributed by atoms with E-state index >= 15 is 0 Å². The van der Waals surface area contributed by atoms with E-state index in [1.807, 2.05) is 6.07 Å². The Morgan fingerprint density at radius 2 is 1.87 bits per heavy atom. The van der Waals surface area contributed by atoms with Gasteiger partial charge < -0.3 is 15.7 Å². The monoisotopic (exact) mass is 430 g/mol. The standard InChI is InChI=1S/C22H21F3N4O2/c23-22(24,25)12-15-4-6-18(7-5-15)29-21(31)17-11-19(16-3-1-8-26-13-16)20(28-14-17)27-9-2-10-30/h1,3-8,11,13-14,30H,2,9-10,12H2,(H,27,28)(H,29,31). The van der Waals surface area contributed by atoms with Crippen LogP contribution in [0, 0.1) is 0 Å². The minimum Gasteiger partial charge on any atom is -0.396 e. The van der Waals surface area contributed by atoms with Crippen molar-refractivity contribution in [2.75, 3.05) is 23.8 Å². The van der Waals surface area contributed by atoms with E-state index < -0.39 is 18.5 Å². The Kier molecular flexibility index (Phi) is 7.19. The van der Waals surface area contributed by atoms with Crippen LogP contribution in [0.4, 0.5) is 24.7 Å². The first-order valence-electron chi connectivity index (χ1n) is 9.58. The zero-order valence-corrected chi connectivity index (χ0v) is 16.5. The van der Waals surface area contributed by atoms with Crippen LogP contribution >= 0.6 is 0 Å². The van der Waals surface area contributed by atoms with Crippen LogP contribution in [0.5, 0.6) is 0 Å². The molecule has 6 nitrogen and oxygen atoms in total. The van der Waals surface area contributed by atoms with Gasteiger partial charge in [0.05, 0.1) is 12.0 Å². The molecule has 0 radical (unpaired) electrons. The summed E-state index contributed by atoms with van der Waals surface area (Å²) in [5.74, 6) is 0.109. The Hall–Kier alpha value is -3.46. The van der Waals surface area contributed by atoms with Gasteiger partial charge in [-0.25, -0.2) is 4.98 Å². The van der Waals surface area contributed by atoms with Gasteiger partial charge in [0.2, 0.25) is 0 Å². The van der Waals surface area contributed by atoms with Crippen LogP contribution < -0.4 is 10.6 Å². The molecule has 0 fully saturated rings. The molecule has 0 saturated carbocycles. The van der Waals surface area contributed by atoms with Gasteiger partial charge in [-0.1, -0.05) is 18.2 Å². The lowest BCUT2D eigenvalue weighted by Gasteiger charge is -2.13. The van der Waals surface area contributed by atoms with Crippen LogP contribution in [-0.4, -0.2) is 40.3 Å². The van der Waals surface area contributed by atoms with Gasteiger partial charge in [-0.15, -0.1) is 0 Å². The number of hydrogen-bond donors (Lipinski definition) is 3. The molecule has 0 saturated heterocycles. The SMILES string of the molecule is O=C(Nc1ccc(CC(F)(F)F)cc1)c1cnc(NCCCO)c(-c2cccnc2)c1. The van der Waals surface area contributed by atoms with E-state index in [4.69, 9.17) is 5.11 Å². The lowest BCUT2D eigenvalue weighted by atomic mass is 10.1. The Balaban J connectivity index is 1.79. The van der Waals surface area contributed by atoms with Crippen molar-refractivity contribution in [2.45, 2.75) is 19.0 Å². The van der Waals surface area contributed by atoms with Crippen molar-refractivity contribution >= 4 is 17.4 Å². The average molecular weight is 430 g/mol. The van der Waals surface area contributed by atoms with E-state index in [9.17, 15) is 18.0 Å². The van der Waals surface area contributed by atoms with E-state index in [1.165, 1.54) is 30.5 Å². The highest BCUT2D eigenvalue weighted by Crippen LogP contribution is 2.27. The quantitative estimate of drug-likeness (QED) is 0.464. The third-order valence-corrected chi connectivity index (χ3v) is 4.37. The molecule has 0 bridgehead atoms. The number of anilines is 2. The first-order valence-corrected chi connectivity index (χ1v) is 9.58. The normalized spacial score (nSPS) is 11.2. The summed E-state index contributed by atoms with van der Waals surface area (Å²) in [5, 5.41) is 14.8. The van der Waals surface area contributed by atoms with Crippen molar-refractivity contribution < 1.29 is 23.1 Å². The first kappa shape index (κ1) is 22.2. The molecule has 2 aromatic heterocycles. The molecule has 0 aliphatic heterocycles. The second-order valence-electron chi connectivity index (χ2n) is 6.81. The maximum Gasteiger partial charge on any atom is 0.393 e. The highest BCUT2D eigenvalue weighted by Gasteiger charge is 2.27. The molecular formula is C22H21F3N4O2. The number of carbonyl (C=O) groups is 1. The molecule has 31 heavy (non-hydrogen) atoms. The number of rotatable bonds is 8. The van der Waals surface area contributed by atoms with Crippen LogP contribution in [0.15, 0.2) is 61.1 Å². The van der Waals surface area contributed by atoms with E-state index in [2.05, 4.69) is 20.6 Å². The fourth-order valence-electron chi connectivity index (χ4n) is 2.90. The van der Waals surface area contributed by atoms with Gasteiger partial charge in [-0.05, 0) is 36.2 Å². The van der Waals surface area contributed by atoms with Gasteiger partial charge >= 0.3 is 6.18 Å². The Morgan fingerprint density at radius 1 is 1.10 bits per heavy atom. The number of nitrogens with one attached hydrogen (secondary N) is 2. The lowest BCUT2D eigenvalue weighted by Crippen LogP contribution is -2.14. The van der Waals surface area contributed by atoms with E-state index in [1.54, 1.807) is 24.5 Å². The summed E-state index contributed by atoms with van der Waals surface area (Å²) in [6.45, 7) is 0.546. The topological polar surface area (TPSA) is 87.1 Å². The predicted molar refractivity (Wildman–Crippen MR) is 112 cm³/mol. The van der Waals surface area contributed by atoms with Crippen molar-refractivity contribution in [3.05, 3.63) is 72.2 Å². The summed E-state index contributed by atoms with van der Waals surface area (Å²) in [4.78, 5) is 21.1. The minimum absolute atomic E-state index is 0.0392. The van der Waals surface area contributed by atoms with Gasteiger partial charge in [0.1, 0.15) is 5.82 Å². The van der Waals surface area contributed by atoms with Crippen LogP contribution in [0.2, 0.25) is 0 Å². The summed E-state index contributed by atoms with van der Waals surface area (Å²) >= 11 is 0. The number of aliphatic hydroxyl groups excluding tert-OH is 1. The van der Waals surface area contributed by atoms with E-state index in [-0.39, 0.29) is 17.7 Å². The van der Waals surface area contributed by atoms with Crippen molar-refractivity contribution in [3.63, 3.8) is 0 Å². The third kappa shape index (κ3) is 6.51. The molecule has 3 N–H and O–H groups in total.